The Morgan fingerprint density at radius 3 is 2.50 bits per heavy atom. The van der Waals surface area contributed by atoms with Crippen molar-refractivity contribution in [3.8, 4) is 0 Å². The maximum Gasteiger partial charge on any atom is 0.127 e. The molecule has 0 radical (unpaired) electrons. The highest BCUT2D eigenvalue weighted by molar-refractivity contribution is 5.58. The molecule has 0 heterocycles. The van der Waals surface area contributed by atoms with E-state index in [1.807, 2.05) is 6.08 Å². The summed E-state index contributed by atoms with van der Waals surface area (Å²) in [6, 6.07) is 0. The first kappa shape index (κ1) is 9.24. The Balaban J connectivity index is 2.70. The van der Waals surface area contributed by atoms with Gasteiger partial charge >= 0.3 is 0 Å². The molecule has 1 aliphatic carbocycles. The topological polar surface area (TPSA) is 17.1 Å². The van der Waals surface area contributed by atoms with E-state index < -0.39 is 0 Å². The van der Waals surface area contributed by atoms with Crippen molar-refractivity contribution in [3.63, 3.8) is 0 Å². The molecule has 0 aromatic rings. The maximum atomic E-state index is 10.4. The molecule has 0 amide bonds. The lowest BCUT2D eigenvalue weighted by Crippen LogP contribution is -2.11. The Bertz CT molecular complexity index is 228. The van der Waals surface area contributed by atoms with Crippen LogP contribution in [0.15, 0.2) is 23.8 Å². The predicted octanol–water partition coefficient (Wildman–Crippen LogP) is 2.73. The number of rotatable bonds is 1. The van der Waals surface area contributed by atoms with E-state index in [0.717, 1.165) is 12.7 Å². The van der Waals surface area contributed by atoms with Crippen molar-refractivity contribution < 1.29 is 4.79 Å². The lowest BCUT2D eigenvalue weighted by molar-refractivity contribution is -0.109. The summed E-state index contributed by atoms with van der Waals surface area (Å²) in [6.07, 6.45) is 8.11. The normalized spacial score (nSPS) is 23.6. The second-order valence-corrected chi connectivity index (χ2v) is 4.30. The first-order valence-electron chi connectivity index (χ1n) is 4.38. The average Bonchev–Trinajstić information content (AvgIpc) is 2.03. The first-order chi connectivity index (χ1) is 5.54. The minimum atomic E-state index is 0.107. The standard InChI is InChI=1S/C11H16O/c1-11(2,3)10-6-4-9(8-12)5-7-10/h4,6-9H,5H2,1-3H3. The van der Waals surface area contributed by atoms with E-state index in [-0.39, 0.29) is 11.3 Å². The first-order valence-corrected chi connectivity index (χ1v) is 4.38. The van der Waals surface area contributed by atoms with E-state index in [4.69, 9.17) is 0 Å². The number of carbonyl (C=O) groups excluding carboxylic acids is 1. The summed E-state index contributed by atoms with van der Waals surface area (Å²) >= 11 is 0. The number of hydrogen-bond acceptors (Lipinski definition) is 1. The van der Waals surface area contributed by atoms with Crippen LogP contribution in [0.1, 0.15) is 27.2 Å². The zero-order valence-electron chi connectivity index (χ0n) is 8.00. The average molecular weight is 164 g/mol. The molecule has 1 unspecified atom stereocenters. The van der Waals surface area contributed by atoms with Gasteiger partial charge in [-0.05, 0) is 17.4 Å². The van der Waals surface area contributed by atoms with Gasteiger partial charge in [-0.25, -0.2) is 0 Å². The van der Waals surface area contributed by atoms with Crippen LogP contribution in [0.2, 0.25) is 0 Å². The SMILES string of the molecule is CC(C)(C)C1=CCC(C=O)C=C1. The molecule has 0 N–H and O–H groups in total. The summed E-state index contributed by atoms with van der Waals surface area (Å²) in [6.45, 7) is 6.55. The van der Waals surface area contributed by atoms with Crippen molar-refractivity contribution in [1.29, 1.82) is 0 Å². The number of allylic oxidation sites excluding steroid dienone is 4. The van der Waals surface area contributed by atoms with Crippen LogP contribution >= 0.6 is 0 Å². The van der Waals surface area contributed by atoms with E-state index in [1.54, 1.807) is 0 Å². The molecule has 0 aliphatic heterocycles. The monoisotopic (exact) mass is 164 g/mol. The van der Waals surface area contributed by atoms with Gasteiger partial charge in [-0.1, -0.05) is 39.0 Å². The molecule has 1 atom stereocenters. The van der Waals surface area contributed by atoms with Gasteiger partial charge in [0.25, 0.3) is 0 Å². The molecule has 1 nitrogen and oxygen atoms in total. The van der Waals surface area contributed by atoms with Crippen molar-refractivity contribution >= 4 is 6.29 Å². The van der Waals surface area contributed by atoms with Gasteiger partial charge in [0.2, 0.25) is 0 Å². The summed E-state index contributed by atoms with van der Waals surface area (Å²) in [4.78, 5) is 10.4. The third kappa shape index (κ3) is 2.07. The molecule has 0 saturated carbocycles. The van der Waals surface area contributed by atoms with Crippen LogP contribution in [0, 0.1) is 11.3 Å². The molecule has 1 rings (SSSR count). The fourth-order valence-electron chi connectivity index (χ4n) is 1.29. The van der Waals surface area contributed by atoms with Crippen LogP contribution in [-0.2, 0) is 4.79 Å². The third-order valence-electron chi connectivity index (χ3n) is 2.17. The Labute approximate surface area is 74.2 Å². The minimum absolute atomic E-state index is 0.107. The van der Waals surface area contributed by atoms with Gasteiger partial charge in [0.15, 0.2) is 0 Å². The molecule has 1 aliphatic rings. The largest absolute Gasteiger partial charge is 0.303 e. The van der Waals surface area contributed by atoms with Gasteiger partial charge in [0.1, 0.15) is 6.29 Å². The second kappa shape index (κ2) is 3.26. The zero-order chi connectivity index (χ0) is 9.19. The van der Waals surface area contributed by atoms with Crippen LogP contribution in [0.4, 0.5) is 0 Å². The molecule has 1 heteroatoms. The van der Waals surface area contributed by atoms with E-state index in [1.165, 1.54) is 5.57 Å². The molecule has 0 bridgehead atoms. The molecule has 0 aromatic carbocycles. The van der Waals surface area contributed by atoms with Gasteiger partial charge in [-0.15, -0.1) is 0 Å². The molecular formula is C11H16O. The summed E-state index contributed by atoms with van der Waals surface area (Å²) in [5, 5.41) is 0. The Hall–Kier alpha value is -0.850. The molecule has 12 heavy (non-hydrogen) atoms. The highest BCUT2D eigenvalue weighted by atomic mass is 16.1. The van der Waals surface area contributed by atoms with Gasteiger partial charge in [-0.3, -0.25) is 0 Å². The number of carbonyl (C=O) groups is 1. The smallest absolute Gasteiger partial charge is 0.127 e. The maximum absolute atomic E-state index is 10.4. The molecule has 0 fully saturated rings. The van der Waals surface area contributed by atoms with E-state index >= 15 is 0 Å². The Morgan fingerprint density at radius 2 is 2.17 bits per heavy atom. The quantitative estimate of drug-likeness (QED) is 0.544. The summed E-state index contributed by atoms with van der Waals surface area (Å²) in [5.74, 6) is 0.107. The summed E-state index contributed by atoms with van der Waals surface area (Å²) < 4.78 is 0. The van der Waals surface area contributed by atoms with E-state index in [9.17, 15) is 4.79 Å². The van der Waals surface area contributed by atoms with Crippen molar-refractivity contribution in [1.82, 2.24) is 0 Å². The number of hydrogen-bond donors (Lipinski definition) is 0. The minimum Gasteiger partial charge on any atom is -0.303 e. The predicted molar refractivity (Wildman–Crippen MR) is 50.8 cm³/mol. The number of aldehydes is 1. The second-order valence-electron chi connectivity index (χ2n) is 4.30. The molecule has 0 spiro atoms. The highest BCUT2D eigenvalue weighted by Gasteiger charge is 2.17. The molecule has 0 aromatic heterocycles. The fourth-order valence-corrected chi connectivity index (χ4v) is 1.29. The summed E-state index contributed by atoms with van der Waals surface area (Å²) in [5.41, 5.74) is 1.55. The molecular weight excluding hydrogens is 148 g/mol. The van der Waals surface area contributed by atoms with Crippen LogP contribution in [0.25, 0.3) is 0 Å². The van der Waals surface area contributed by atoms with Gasteiger partial charge in [0.05, 0.1) is 0 Å². The summed E-state index contributed by atoms with van der Waals surface area (Å²) in [7, 11) is 0. The molecule has 66 valence electrons. The van der Waals surface area contributed by atoms with Crippen molar-refractivity contribution in [2.24, 2.45) is 11.3 Å². The van der Waals surface area contributed by atoms with Crippen LogP contribution < -0.4 is 0 Å². The zero-order valence-corrected chi connectivity index (χ0v) is 8.00. The fraction of sp³-hybridized carbons (Fsp3) is 0.545. The van der Waals surface area contributed by atoms with Gasteiger partial charge in [-0.2, -0.15) is 0 Å². The Morgan fingerprint density at radius 1 is 1.50 bits per heavy atom. The van der Waals surface area contributed by atoms with Gasteiger partial charge in [0, 0.05) is 5.92 Å². The van der Waals surface area contributed by atoms with Crippen molar-refractivity contribution in [2.75, 3.05) is 0 Å². The van der Waals surface area contributed by atoms with E-state index in [0.29, 0.717) is 0 Å². The van der Waals surface area contributed by atoms with Crippen LogP contribution in [0.5, 0.6) is 0 Å². The lowest BCUT2D eigenvalue weighted by Gasteiger charge is -2.23. The van der Waals surface area contributed by atoms with E-state index in [2.05, 4.69) is 32.9 Å². The molecule has 0 saturated heterocycles. The van der Waals surface area contributed by atoms with Gasteiger partial charge < -0.3 is 4.79 Å². The van der Waals surface area contributed by atoms with Crippen LogP contribution in [0.3, 0.4) is 0 Å². The van der Waals surface area contributed by atoms with Crippen LogP contribution in [-0.4, -0.2) is 6.29 Å². The third-order valence-corrected chi connectivity index (χ3v) is 2.17. The highest BCUT2D eigenvalue weighted by Crippen LogP contribution is 2.30. The Kier molecular flexibility index (Phi) is 2.51. The van der Waals surface area contributed by atoms with Crippen molar-refractivity contribution in [2.45, 2.75) is 27.2 Å². The lowest BCUT2D eigenvalue weighted by atomic mass is 9.82. The van der Waals surface area contributed by atoms with Crippen molar-refractivity contribution in [3.05, 3.63) is 23.8 Å².